The van der Waals surface area contributed by atoms with E-state index in [1.807, 2.05) is 49.4 Å². The molecule has 0 amide bonds. The minimum Gasteiger partial charge on any atom is -0.440 e. The Kier molecular flexibility index (Phi) is 5.98. The van der Waals surface area contributed by atoms with Crippen molar-refractivity contribution in [2.75, 3.05) is 0 Å². The van der Waals surface area contributed by atoms with Gasteiger partial charge in [-0.15, -0.1) is 11.3 Å². The number of hydrogen-bond donors (Lipinski definition) is 1. The van der Waals surface area contributed by atoms with Crippen LogP contribution in [-0.2, 0) is 6.42 Å². The maximum absolute atomic E-state index is 13.0. The summed E-state index contributed by atoms with van der Waals surface area (Å²) in [7, 11) is 0. The van der Waals surface area contributed by atoms with Crippen LogP contribution >= 0.6 is 22.9 Å². The molecule has 1 unspecified atom stereocenters. The number of nitriles is 1. The van der Waals surface area contributed by atoms with E-state index in [2.05, 4.69) is 13.0 Å². The molecule has 2 N–H and O–H groups in total. The number of allylic oxidation sites excluding steroid dienone is 1. The Morgan fingerprint density at radius 2 is 1.94 bits per heavy atom. The van der Waals surface area contributed by atoms with Crippen LogP contribution in [-0.4, -0.2) is 5.97 Å². The zero-order valence-electron chi connectivity index (χ0n) is 19.1. The molecule has 1 aromatic heterocycles. The Morgan fingerprint density at radius 1 is 1.17 bits per heavy atom. The molecule has 0 aliphatic carbocycles. The van der Waals surface area contributed by atoms with Crippen molar-refractivity contribution in [2.24, 2.45) is 5.73 Å². The van der Waals surface area contributed by atoms with Gasteiger partial charge in [-0.2, -0.15) is 5.26 Å². The number of benzene rings is 3. The topological polar surface area (TPSA) is 85.3 Å². The minimum absolute atomic E-state index is 0.0379. The number of ether oxygens (including phenoxy) is 2. The fourth-order valence-corrected chi connectivity index (χ4v) is 5.73. The average Bonchev–Trinajstić information content (AvgIpc) is 3.18. The van der Waals surface area contributed by atoms with Crippen molar-refractivity contribution in [3.05, 3.63) is 104 Å². The SMILES string of the molecule is CCc1ccc(C2C(C#N)=C(N)Oc3cc(OC(=O)c4sc5cc(C)ccc5c4Cl)ccc32)cc1. The number of carbonyl (C=O) groups excluding carboxylic acids is 1. The number of thiophene rings is 1. The Bertz CT molecular complexity index is 1550. The predicted molar refractivity (Wildman–Crippen MR) is 138 cm³/mol. The average molecular weight is 501 g/mol. The highest BCUT2D eigenvalue weighted by Crippen LogP contribution is 2.44. The summed E-state index contributed by atoms with van der Waals surface area (Å²) in [6.07, 6.45) is 0.923. The summed E-state index contributed by atoms with van der Waals surface area (Å²) in [4.78, 5) is 13.3. The lowest BCUT2D eigenvalue weighted by atomic mass is 9.83. The van der Waals surface area contributed by atoms with Crippen LogP contribution in [0.25, 0.3) is 10.1 Å². The van der Waals surface area contributed by atoms with Crippen LogP contribution in [0.4, 0.5) is 0 Å². The van der Waals surface area contributed by atoms with Crippen molar-refractivity contribution in [1.29, 1.82) is 5.26 Å². The molecule has 0 spiro atoms. The first kappa shape index (κ1) is 23.0. The highest BCUT2D eigenvalue weighted by atomic mass is 35.5. The molecule has 2 heterocycles. The van der Waals surface area contributed by atoms with E-state index in [1.54, 1.807) is 18.2 Å². The lowest BCUT2D eigenvalue weighted by Crippen LogP contribution is -2.21. The number of esters is 1. The molecule has 0 radical (unpaired) electrons. The van der Waals surface area contributed by atoms with Gasteiger partial charge < -0.3 is 15.2 Å². The van der Waals surface area contributed by atoms with Crippen LogP contribution in [0, 0.1) is 18.3 Å². The molecule has 0 fully saturated rings. The molecule has 5 nitrogen and oxygen atoms in total. The normalized spacial score (nSPS) is 14.9. The first-order chi connectivity index (χ1) is 16.9. The largest absolute Gasteiger partial charge is 0.440 e. The van der Waals surface area contributed by atoms with Crippen LogP contribution in [0.15, 0.2) is 72.1 Å². The van der Waals surface area contributed by atoms with Gasteiger partial charge in [-0.1, -0.05) is 61.0 Å². The molecule has 3 aromatic carbocycles. The molecular weight excluding hydrogens is 480 g/mol. The molecular formula is C28H21ClN2O3S. The van der Waals surface area contributed by atoms with Crippen molar-refractivity contribution in [1.82, 2.24) is 0 Å². The maximum Gasteiger partial charge on any atom is 0.355 e. The maximum atomic E-state index is 13.0. The zero-order chi connectivity index (χ0) is 24.7. The summed E-state index contributed by atoms with van der Waals surface area (Å²) in [5.74, 6) is -0.144. The van der Waals surface area contributed by atoms with E-state index in [9.17, 15) is 10.1 Å². The van der Waals surface area contributed by atoms with E-state index in [4.69, 9.17) is 26.8 Å². The fraction of sp³-hybridized carbons (Fsp3) is 0.143. The Balaban J connectivity index is 1.48. The third-order valence-corrected chi connectivity index (χ3v) is 7.73. The first-order valence-electron chi connectivity index (χ1n) is 11.1. The number of halogens is 1. The Labute approximate surface area is 212 Å². The summed E-state index contributed by atoms with van der Waals surface area (Å²) in [5.41, 5.74) is 10.5. The lowest BCUT2D eigenvalue weighted by molar-refractivity contribution is 0.0740. The second-order valence-electron chi connectivity index (χ2n) is 8.35. The zero-order valence-corrected chi connectivity index (χ0v) is 20.7. The first-order valence-corrected chi connectivity index (χ1v) is 12.3. The van der Waals surface area contributed by atoms with E-state index >= 15 is 0 Å². The van der Waals surface area contributed by atoms with Gasteiger partial charge >= 0.3 is 5.97 Å². The lowest BCUT2D eigenvalue weighted by Gasteiger charge is -2.26. The van der Waals surface area contributed by atoms with Crippen LogP contribution in [0.3, 0.4) is 0 Å². The molecule has 0 bridgehead atoms. The van der Waals surface area contributed by atoms with E-state index in [0.717, 1.165) is 33.2 Å². The van der Waals surface area contributed by atoms with Gasteiger partial charge in [0.2, 0.25) is 5.88 Å². The molecule has 0 saturated heterocycles. The van der Waals surface area contributed by atoms with E-state index in [1.165, 1.54) is 16.9 Å². The number of nitrogens with two attached hydrogens (primary N) is 1. The Hall–Kier alpha value is -3.79. The van der Waals surface area contributed by atoms with Gasteiger partial charge in [0.05, 0.1) is 10.9 Å². The number of rotatable bonds is 4. The molecule has 174 valence electrons. The van der Waals surface area contributed by atoms with Crippen molar-refractivity contribution in [3.8, 4) is 17.6 Å². The van der Waals surface area contributed by atoms with Gasteiger partial charge in [-0.3, -0.25) is 0 Å². The van der Waals surface area contributed by atoms with E-state index in [-0.39, 0.29) is 11.8 Å². The highest BCUT2D eigenvalue weighted by molar-refractivity contribution is 7.21. The third-order valence-electron chi connectivity index (χ3n) is 6.09. The van der Waals surface area contributed by atoms with Crippen molar-refractivity contribution >= 4 is 39.0 Å². The number of aryl methyl sites for hydroxylation is 2. The van der Waals surface area contributed by atoms with Gasteiger partial charge in [0.25, 0.3) is 0 Å². The highest BCUT2D eigenvalue weighted by Gasteiger charge is 2.31. The summed E-state index contributed by atoms with van der Waals surface area (Å²) in [6, 6.07) is 21.2. The van der Waals surface area contributed by atoms with Crippen LogP contribution < -0.4 is 15.2 Å². The second-order valence-corrected chi connectivity index (χ2v) is 9.78. The molecule has 1 aliphatic heterocycles. The smallest absolute Gasteiger partial charge is 0.355 e. The van der Waals surface area contributed by atoms with Gasteiger partial charge in [0.1, 0.15) is 28.0 Å². The van der Waals surface area contributed by atoms with Crippen LogP contribution in [0.2, 0.25) is 5.02 Å². The number of hydrogen-bond acceptors (Lipinski definition) is 6. The van der Waals surface area contributed by atoms with Gasteiger partial charge in [0.15, 0.2) is 0 Å². The summed E-state index contributed by atoms with van der Waals surface area (Å²) < 4.78 is 12.3. The van der Waals surface area contributed by atoms with E-state index in [0.29, 0.717) is 27.0 Å². The predicted octanol–water partition coefficient (Wildman–Crippen LogP) is 6.86. The van der Waals surface area contributed by atoms with E-state index < -0.39 is 5.97 Å². The summed E-state index contributed by atoms with van der Waals surface area (Å²) >= 11 is 7.77. The Morgan fingerprint density at radius 3 is 2.66 bits per heavy atom. The van der Waals surface area contributed by atoms with Crippen LogP contribution in [0.1, 0.15) is 44.8 Å². The number of nitrogens with zero attached hydrogens (tertiary/aromatic N) is 1. The molecule has 1 aliphatic rings. The molecule has 1 atom stereocenters. The minimum atomic E-state index is -0.544. The molecule has 4 aromatic rings. The number of fused-ring (bicyclic) bond motifs is 2. The molecule has 35 heavy (non-hydrogen) atoms. The summed E-state index contributed by atoms with van der Waals surface area (Å²) in [5, 5.41) is 11.0. The van der Waals surface area contributed by atoms with Gasteiger partial charge in [-0.25, -0.2) is 4.79 Å². The van der Waals surface area contributed by atoms with Crippen LogP contribution in [0.5, 0.6) is 11.5 Å². The van der Waals surface area contributed by atoms with Crippen molar-refractivity contribution in [3.63, 3.8) is 0 Å². The standard InChI is InChI=1S/C28H21ClN2O3S/c1-3-16-5-7-17(8-6-16)24-19-11-9-18(13-22(19)34-27(31)21(24)14-30)33-28(32)26-25(29)20-10-4-15(2)12-23(20)35-26/h4-13,24H,3,31H2,1-2H3. The summed E-state index contributed by atoms with van der Waals surface area (Å²) in [6.45, 7) is 4.08. The molecule has 5 rings (SSSR count). The molecule has 0 saturated carbocycles. The monoisotopic (exact) mass is 500 g/mol. The van der Waals surface area contributed by atoms with Crippen molar-refractivity contribution < 1.29 is 14.3 Å². The third kappa shape index (κ3) is 4.14. The van der Waals surface area contributed by atoms with Gasteiger partial charge in [0, 0.05) is 21.7 Å². The second kappa shape index (κ2) is 9.10. The molecule has 7 heteroatoms. The van der Waals surface area contributed by atoms with Crippen molar-refractivity contribution in [2.45, 2.75) is 26.2 Å². The quantitative estimate of drug-likeness (QED) is 0.244. The van der Waals surface area contributed by atoms with Gasteiger partial charge in [-0.05, 0) is 42.2 Å². The fourth-order valence-electron chi connectivity index (χ4n) is 4.24. The number of carbonyl (C=O) groups is 1.